The first kappa shape index (κ1) is 9.44. The fraction of sp³-hybridized carbons (Fsp3) is 1.00. The summed E-state index contributed by atoms with van der Waals surface area (Å²) >= 11 is 0. The molecule has 0 aromatic heterocycles. The van der Waals surface area contributed by atoms with Crippen LogP contribution in [0.2, 0.25) is 0 Å². The maximum atomic E-state index is 5.77. The molecule has 0 unspecified atom stereocenters. The van der Waals surface area contributed by atoms with Gasteiger partial charge in [-0.2, -0.15) is 0 Å². The Balaban J connectivity index is 1.65. The van der Waals surface area contributed by atoms with Gasteiger partial charge in [0, 0.05) is 38.8 Å². The first-order valence-corrected chi connectivity index (χ1v) is 5.40. The molecule has 2 aliphatic rings. The van der Waals surface area contributed by atoms with Crippen LogP contribution in [0.1, 0.15) is 12.8 Å². The molecule has 1 saturated heterocycles. The second-order valence-electron chi connectivity index (χ2n) is 4.70. The summed E-state index contributed by atoms with van der Waals surface area (Å²) in [5.74, 6) is 0.901. The molecule has 2 fully saturated rings. The minimum absolute atomic E-state index is 0.512. The van der Waals surface area contributed by atoms with Crippen LogP contribution in [-0.4, -0.2) is 55.6 Å². The summed E-state index contributed by atoms with van der Waals surface area (Å²) in [4.78, 5) is 5.00. The SMILES string of the molecule is CN1CCN(CC2CC(N)C2)CC1. The van der Waals surface area contributed by atoms with E-state index in [1.54, 1.807) is 0 Å². The minimum atomic E-state index is 0.512. The van der Waals surface area contributed by atoms with Crippen molar-refractivity contribution < 1.29 is 0 Å². The third-order valence-electron chi connectivity index (χ3n) is 3.38. The van der Waals surface area contributed by atoms with E-state index in [4.69, 9.17) is 5.73 Å². The van der Waals surface area contributed by atoms with Gasteiger partial charge in [-0.05, 0) is 25.8 Å². The van der Waals surface area contributed by atoms with Gasteiger partial charge in [-0.3, -0.25) is 0 Å². The minimum Gasteiger partial charge on any atom is -0.328 e. The molecule has 13 heavy (non-hydrogen) atoms. The van der Waals surface area contributed by atoms with E-state index >= 15 is 0 Å². The maximum absolute atomic E-state index is 5.77. The van der Waals surface area contributed by atoms with Gasteiger partial charge >= 0.3 is 0 Å². The Morgan fingerprint density at radius 3 is 2.31 bits per heavy atom. The van der Waals surface area contributed by atoms with Crippen molar-refractivity contribution >= 4 is 0 Å². The lowest BCUT2D eigenvalue weighted by molar-refractivity contribution is 0.107. The van der Waals surface area contributed by atoms with Gasteiger partial charge in [0.05, 0.1) is 0 Å². The van der Waals surface area contributed by atoms with Crippen LogP contribution in [0.3, 0.4) is 0 Å². The molecule has 76 valence electrons. The summed E-state index contributed by atoms with van der Waals surface area (Å²) in [5, 5.41) is 0. The Kier molecular flexibility index (Phi) is 2.86. The highest BCUT2D eigenvalue weighted by Crippen LogP contribution is 2.26. The van der Waals surface area contributed by atoms with Crippen molar-refractivity contribution in [3.63, 3.8) is 0 Å². The molecule has 0 spiro atoms. The molecule has 2 N–H and O–H groups in total. The first-order valence-electron chi connectivity index (χ1n) is 5.40. The van der Waals surface area contributed by atoms with Crippen LogP contribution < -0.4 is 5.73 Å². The molecular weight excluding hydrogens is 162 g/mol. The highest BCUT2D eigenvalue weighted by Gasteiger charge is 2.28. The van der Waals surface area contributed by atoms with Crippen LogP contribution in [0.15, 0.2) is 0 Å². The van der Waals surface area contributed by atoms with Crippen LogP contribution in [0.25, 0.3) is 0 Å². The van der Waals surface area contributed by atoms with Crippen LogP contribution in [0.5, 0.6) is 0 Å². The van der Waals surface area contributed by atoms with Gasteiger partial charge in [0.1, 0.15) is 0 Å². The Morgan fingerprint density at radius 1 is 1.15 bits per heavy atom. The summed E-state index contributed by atoms with van der Waals surface area (Å²) in [5.41, 5.74) is 5.77. The largest absolute Gasteiger partial charge is 0.328 e. The van der Waals surface area contributed by atoms with E-state index in [1.807, 2.05) is 0 Å². The summed E-state index contributed by atoms with van der Waals surface area (Å²) in [6.07, 6.45) is 2.51. The van der Waals surface area contributed by atoms with Crippen LogP contribution in [0, 0.1) is 5.92 Å². The standard InChI is InChI=1S/C10H21N3/c1-12-2-4-13(5-3-12)8-9-6-10(11)7-9/h9-10H,2-8,11H2,1H3. The van der Waals surface area contributed by atoms with Crippen molar-refractivity contribution in [1.29, 1.82) is 0 Å². The zero-order valence-corrected chi connectivity index (χ0v) is 8.58. The lowest BCUT2D eigenvalue weighted by Gasteiger charge is -2.39. The van der Waals surface area contributed by atoms with Crippen molar-refractivity contribution in [2.75, 3.05) is 39.8 Å². The van der Waals surface area contributed by atoms with E-state index in [0.717, 1.165) is 5.92 Å². The molecule has 0 aromatic rings. The van der Waals surface area contributed by atoms with Crippen molar-refractivity contribution in [2.24, 2.45) is 11.7 Å². The molecule has 1 aliphatic heterocycles. The third-order valence-corrected chi connectivity index (χ3v) is 3.38. The van der Waals surface area contributed by atoms with E-state index < -0.39 is 0 Å². The molecule has 0 bridgehead atoms. The summed E-state index contributed by atoms with van der Waals surface area (Å²) in [6, 6.07) is 0.512. The van der Waals surface area contributed by atoms with Crippen LogP contribution >= 0.6 is 0 Å². The van der Waals surface area contributed by atoms with Crippen molar-refractivity contribution in [1.82, 2.24) is 9.80 Å². The average molecular weight is 183 g/mol. The van der Waals surface area contributed by atoms with Crippen molar-refractivity contribution in [2.45, 2.75) is 18.9 Å². The Labute approximate surface area is 80.9 Å². The van der Waals surface area contributed by atoms with E-state index in [2.05, 4.69) is 16.8 Å². The number of nitrogens with two attached hydrogens (primary N) is 1. The summed E-state index contributed by atoms with van der Waals surface area (Å²) in [6.45, 7) is 6.27. The van der Waals surface area contributed by atoms with Crippen molar-refractivity contribution in [3.05, 3.63) is 0 Å². The van der Waals surface area contributed by atoms with Gasteiger partial charge < -0.3 is 15.5 Å². The lowest BCUT2D eigenvalue weighted by Crippen LogP contribution is -2.49. The topological polar surface area (TPSA) is 32.5 Å². The van der Waals surface area contributed by atoms with Crippen LogP contribution in [-0.2, 0) is 0 Å². The van der Waals surface area contributed by atoms with E-state index in [0.29, 0.717) is 6.04 Å². The Morgan fingerprint density at radius 2 is 1.77 bits per heavy atom. The van der Waals surface area contributed by atoms with Gasteiger partial charge in [0.2, 0.25) is 0 Å². The molecule has 0 amide bonds. The second kappa shape index (κ2) is 3.95. The molecule has 1 saturated carbocycles. The number of likely N-dealkylation sites (N-methyl/N-ethyl adjacent to an activating group) is 1. The fourth-order valence-electron chi connectivity index (χ4n) is 2.33. The molecule has 1 heterocycles. The highest BCUT2D eigenvalue weighted by atomic mass is 15.2. The third kappa shape index (κ3) is 2.42. The number of hydrogen-bond acceptors (Lipinski definition) is 3. The monoisotopic (exact) mass is 183 g/mol. The predicted molar refractivity (Wildman–Crippen MR) is 54.6 cm³/mol. The Hall–Kier alpha value is -0.120. The smallest absolute Gasteiger partial charge is 0.0110 e. The van der Waals surface area contributed by atoms with Crippen molar-refractivity contribution in [3.8, 4) is 0 Å². The summed E-state index contributed by atoms with van der Waals surface area (Å²) < 4.78 is 0. The summed E-state index contributed by atoms with van der Waals surface area (Å²) in [7, 11) is 2.20. The van der Waals surface area contributed by atoms with E-state index in [9.17, 15) is 0 Å². The molecular formula is C10H21N3. The number of nitrogens with zero attached hydrogens (tertiary/aromatic N) is 2. The predicted octanol–water partition coefficient (Wildman–Crippen LogP) is -0.0289. The molecule has 3 heteroatoms. The zero-order chi connectivity index (χ0) is 9.26. The normalized spacial score (nSPS) is 37.4. The number of piperazine rings is 1. The van der Waals surface area contributed by atoms with Gasteiger partial charge in [0.25, 0.3) is 0 Å². The van der Waals surface area contributed by atoms with Gasteiger partial charge in [-0.1, -0.05) is 0 Å². The molecule has 1 aliphatic carbocycles. The average Bonchev–Trinajstić information content (AvgIpc) is 2.06. The molecule has 2 rings (SSSR count). The van der Waals surface area contributed by atoms with Gasteiger partial charge in [0.15, 0.2) is 0 Å². The second-order valence-corrected chi connectivity index (χ2v) is 4.70. The quantitative estimate of drug-likeness (QED) is 0.652. The van der Waals surface area contributed by atoms with E-state index in [1.165, 1.54) is 45.6 Å². The fourth-order valence-corrected chi connectivity index (χ4v) is 2.33. The molecule has 0 atom stereocenters. The molecule has 0 radical (unpaired) electrons. The number of hydrogen-bond donors (Lipinski definition) is 1. The van der Waals surface area contributed by atoms with Gasteiger partial charge in [-0.15, -0.1) is 0 Å². The number of rotatable bonds is 2. The maximum Gasteiger partial charge on any atom is 0.0110 e. The molecule has 0 aromatic carbocycles. The van der Waals surface area contributed by atoms with Crippen LogP contribution in [0.4, 0.5) is 0 Å². The molecule has 3 nitrogen and oxygen atoms in total. The zero-order valence-electron chi connectivity index (χ0n) is 8.58. The first-order chi connectivity index (χ1) is 6.24. The van der Waals surface area contributed by atoms with E-state index in [-0.39, 0.29) is 0 Å². The Bertz CT molecular complexity index is 158. The van der Waals surface area contributed by atoms with Gasteiger partial charge in [-0.25, -0.2) is 0 Å². The lowest BCUT2D eigenvalue weighted by atomic mass is 9.80. The highest BCUT2D eigenvalue weighted by molar-refractivity contribution is 4.85.